The zero-order valence-electron chi connectivity index (χ0n) is 11.4. The molecule has 1 aliphatic carbocycles. The molecule has 0 spiro atoms. The molecular formula is C14H13BrN2O3S2. The van der Waals surface area contributed by atoms with E-state index in [-0.39, 0.29) is 16.2 Å². The van der Waals surface area contributed by atoms with Crippen molar-refractivity contribution in [2.24, 2.45) is 0 Å². The summed E-state index contributed by atoms with van der Waals surface area (Å²) in [5.41, 5.74) is 0.812. The lowest BCUT2D eigenvalue weighted by atomic mass is 10.2. The predicted octanol–water partition coefficient (Wildman–Crippen LogP) is 3.20. The van der Waals surface area contributed by atoms with E-state index in [1.54, 1.807) is 24.3 Å². The van der Waals surface area contributed by atoms with Gasteiger partial charge in [0.2, 0.25) is 0 Å². The van der Waals surface area contributed by atoms with E-state index in [0.717, 1.165) is 28.0 Å². The molecule has 1 heterocycles. The van der Waals surface area contributed by atoms with Gasteiger partial charge in [0, 0.05) is 17.3 Å². The third-order valence-corrected chi connectivity index (χ3v) is 6.60. The maximum atomic E-state index is 12.3. The number of halogens is 1. The lowest BCUT2D eigenvalue weighted by Crippen LogP contribution is -2.25. The summed E-state index contributed by atoms with van der Waals surface area (Å²) in [7, 11) is -3.64. The van der Waals surface area contributed by atoms with E-state index in [0.29, 0.717) is 11.3 Å². The zero-order valence-corrected chi connectivity index (χ0v) is 14.6. The first-order valence-electron chi connectivity index (χ1n) is 6.63. The van der Waals surface area contributed by atoms with Crippen molar-refractivity contribution in [1.29, 1.82) is 0 Å². The van der Waals surface area contributed by atoms with Crippen molar-refractivity contribution in [3.05, 3.63) is 45.7 Å². The molecule has 1 aliphatic rings. The summed E-state index contributed by atoms with van der Waals surface area (Å²) in [6.45, 7) is 0. The van der Waals surface area contributed by atoms with Gasteiger partial charge in [0.25, 0.3) is 15.9 Å². The number of carbonyl (C=O) groups excluding carboxylic acids is 1. The fourth-order valence-electron chi connectivity index (χ4n) is 1.87. The van der Waals surface area contributed by atoms with Crippen LogP contribution in [0.25, 0.3) is 0 Å². The second-order valence-electron chi connectivity index (χ2n) is 4.99. The van der Waals surface area contributed by atoms with Crippen molar-refractivity contribution in [3.8, 4) is 0 Å². The van der Waals surface area contributed by atoms with Crippen LogP contribution in [0, 0.1) is 0 Å². The van der Waals surface area contributed by atoms with Crippen molar-refractivity contribution in [3.63, 3.8) is 0 Å². The Balaban J connectivity index is 1.78. The zero-order chi connectivity index (χ0) is 15.7. The first-order chi connectivity index (χ1) is 10.4. The van der Waals surface area contributed by atoms with E-state index in [9.17, 15) is 13.2 Å². The molecule has 2 N–H and O–H groups in total. The van der Waals surface area contributed by atoms with Gasteiger partial charge in [-0.25, -0.2) is 8.42 Å². The van der Waals surface area contributed by atoms with E-state index < -0.39 is 10.0 Å². The van der Waals surface area contributed by atoms with E-state index in [2.05, 4.69) is 26.0 Å². The van der Waals surface area contributed by atoms with Crippen molar-refractivity contribution in [1.82, 2.24) is 5.32 Å². The molecular weight excluding hydrogens is 388 g/mol. The number of benzene rings is 1. The van der Waals surface area contributed by atoms with Crippen molar-refractivity contribution < 1.29 is 13.2 Å². The molecule has 0 atom stereocenters. The molecule has 0 unspecified atom stereocenters. The third-order valence-electron chi connectivity index (χ3n) is 3.10. The topological polar surface area (TPSA) is 75.3 Å². The first kappa shape index (κ1) is 15.5. The highest BCUT2D eigenvalue weighted by atomic mass is 79.9. The monoisotopic (exact) mass is 400 g/mol. The molecule has 1 saturated carbocycles. The van der Waals surface area contributed by atoms with E-state index in [4.69, 9.17) is 0 Å². The largest absolute Gasteiger partial charge is 0.349 e. The smallest absolute Gasteiger partial charge is 0.271 e. The Morgan fingerprint density at radius 1 is 1.23 bits per heavy atom. The summed E-state index contributed by atoms with van der Waals surface area (Å²) >= 11 is 4.37. The lowest BCUT2D eigenvalue weighted by molar-refractivity contribution is 0.0951. The minimum atomic E-state index is -3.64. The van der Waals surface area contributed by atoms with Gasteiger partial charge in [-0.2, -0.15) is 0 Å². The van der Waals surface area contributed by atoms with Crippen molar-refractivity contribution in [2.75, 3.05) is 4.72 Å². The van der Waals surface area contributed by atoms with Gasteiger partial charge in [-0.3, -0.25) is 9.52 Å². The highest BCUT2D eigenvalue weighted by Crippen LogP contribution is 2.28. The molecule has 0 radical (unpaired) electrons. The lowest BCUT2D eigenvalue weighted by Gasteiger charge is -2.08. The normalized spacial score (nSPS) is 14.6. The minimum Gasteiger partial charge on any atom is -0.349 e. The van der Waals surface area contributed by atoms with Crippen LogP contribution in [0.4, 0.5) is 5.69 Å². The van der Waals surface area contributed by atoms with Crippen LogP contribution < -0.4 is 10.0 Å². The summed E-state index contributed by atoms with van der Waals surface area (Å²) in [6, 6.07) is 9.95. The maximum Gasteiger partial charge on any atom is 0.271 e. The molecule has 1 amide bonds. The molecule has 5 nitrogen and oxygen atoms in total. The van der Waals surface area contributed by atoms with Crippen molar-refractivity contribution >= 4 is 48.9 Å². The summed E-state index contributed by atoms with van der Waals surface area (Å²) in [5.74, 6) is -0.178. The highest BCUT2D eigenvalue weighted by molar-refractivity contribution is 9.11. The maximum absolute atomic E-state index is 12.3. The molecule has 1 aromatic heterocycles. The Hall–Kier alpha value is -1.38. The van der Waals surface area contributed by atoms with Gasteiger partial charge in [0.05, 0.1) is 3.79 Å². The molecule has 1 aromatic carbocycles. The number of nitrogens with one attached hydrogen (secondary N) is 2. The highest BCUT2D eigenvalue weighted by Gasteiger charge is 2.24. The van der Waals surface area contributed by atoms with E-state index in [1.165, 1.54) is 12.1 Å². The van der Waals surface area contributed by atoms with Crippen molar-refractivity contribution in [2.45, 2.75) is 23.1 Å². The van der Waals surface area contributed by atoms with Crippen LogP contribution in [0.15, 0.2) is 44.4 Å². The number of hydrogen-bond donors (Lipinski definition) is 2. The Morgan fingerprint density at radius 2 is 2.00 bits per heavy atom. The predicted molar refractivity (Wildman–Crippen MR) is 89.8 cm³/mol. The average molecular weight is 401 g/mol. The Bertz CT molecular complexity index is 813. The molecule has 2 aromatic rings. The molecule has 8 heteroatoms. The number of rotatable bonds is 5. The molecule has 1 fully saturated rings. The summed E-state index contributed by atoms with van der Waals surface area (Å²) in [5, 5.41) is 2.87. The van der Waals surface area contributed by atoms with Gasteiger partial charge in [0.1, 0.15) is 4.21 Å². The Morgan fingerprint density at radius 3 is 2.64 bits per heavy atom. The second kappa shape index (κ2) is 6.02. The molecule has 0 bridgehead atoms. The van der Waals surface area contributed by atoms with Crippen LogP contribution in [-0.2, 0) is 10.0 Å². The second-order valence-corrected chi connectivity index (χ2v) is 9.36. The molecule has 3 rings (SSSR count). The van der Waals surface area contributed by atoms with Gasteiger partial charge in [-0.1, -0.05) is 6.07 Å². The first-order valence-corrected chi connectivity index (χ1v) is 9.72. The fraction of sp³-hybridized carbons (Fsp3) is 0.214. The number of thiophene rings is 1. The van der Waals surface area contributed by atoms with E-state index >= 15 is 0 Å². The number of anilines is 1. The SMILES string of the molecule is O=C(NC1CC1)c1cccc(NS(=O)(=O)c2ccc(Br)s2)c1. The third kappa shape index (κ3) is 3.68. The number of amides is 1. The van der Waals surface area contributed by atoms with Crippen LogP contribution in [0.2, 0.25) is 0 Å². The number of hydrogen-bond acceptors (Lipinski definition) is 4. The van der Waals surface area contributed by atoms with Gasteiger partial charge >= 0.3 is 0 Å². The Labute approximate surface area is 140 Å². The average Bonchev–Trinajstić information content (AvgIpc) is 3.16. The van der Waals surface area contributed by atoms with E-state index in [1.807, 2.05) is 0 Å². The minimum absolute atomic E-state index is 0.178. The van der Waals surface area contributed by atoms with Gasteiger partial charge in [-0.15, -0.1) is 11.3 Å². The van der Waals surface area contributed by atoms with Crippen LogP contribution in [0.5, 0.6) is 0 Å². The summed E-state index contributed by atoms with van der Waals surface area (Å²) in [6.07, 6.45) is 2.01. The van der Waals surface area contributed by atoms with Crippen LogP contribution in [0.1, 0.15) is 23.2 Å². The van der Waals surface area contributed by atoms with Crippen LogP contribution >= 0.6 is 27.3 Å². The number of carbonyl (C=O) groups is 1. The summed E-state index contributed by atoms with van der Waals surface area (Å²) < 4.78 is 28.0. The Kier molecular flexibility index (Phi) is 4.24. The summed E-state index contributed by atoms with van der Waals surface area (Å²) in [4.78, 5) is 12.0. The van der Waals surface area contributed by atoms with Gasteiger partial charge < -0.3 is 5.32 Å². The van der Waals surface area contributed by atoms with Crippen LogP contribution in [0.3, 0.4) is 0 Å². The quantitative estimate of drug-likeness (QED) is 0.808. The van der Waals surface area contributed by atoms with Gasteiger partial charge in [-0.05, 0) is 59.1 Å². The molecule has 0 aliphatic heterocycles. The van der Waals surface area contributed by atoms with Gasteiger partial charge in [0.15, 0.2) is 0 Å². The standard InChI is InChI=1S/C14H13BrN2O3S2/c15-12-6-7-13(21-12)22(19,20)17-11-3-1-2-9(8-11)14(18)16-10-4-5-10/h1-3,6-8,10,17H,4-5H2,(H,16,18). The molecule has 0 saturated heterocycles. The molecule has 116 valence electrons. The van der Waals surface area contributed by atoms with Crippen LogP contribution in [-0.4, -0.2) is 20.4 Å². The fourth-order valence-corrected chi connectivity index (χ4v) is 4.93. The molecule has 22 heavy (non-hydrogen) atoms. The number of sulfonamides is 1.